The lowest BCUT2D eigenvalue weighted by Crippen LogP contribution is -2.43. The number of likely N-dealkylation sites (tertiary alicyclic amines) is 1. The van der Waals surface area contributed by atoms with Gasteiger partial charge in [-0.1, -0.05) is 0 Å². The molecule has 2 aliphatic rings. The van der Waals surface area contributed by atoms with E-state index in [0.717, 1.165) is 6.54 Å². The molecule has 2 rings (SSSR count). The summed E-state index contributed by atoms with van der Waals surface area (Å²) >= 11 is 0. The van der Waals surface area contributed by atoms with Gasteiger partial charge in [0.2, 0.25) is 0 Å². The zero-order valence-electron chi connectivity index (χ0n) is 8.60. The molecule has 0 aromatic heterocycles. The predicted molar refractivity (Wildman–Crippen MR) is 48.6 cm³/mol. The van der Waals surface area contributed by atoms with Crippen LogP contribution in [0.2, 0.25) is 0 Å². The van der Waals surface area contributed by atoms with Crippen molar-refractivity contribution < 1.29 is 17.9 Å². The molecule has 88 valence electrons. The van der Waals surface area contributed by atoms with Gasteiger partial charge >= 0.3 is 6.18 Å². The van der Waals surface area contributed by atoms with E-state index in [9.17, 15) is 13.2 Å². The van der Waals surface area contributed by atoms with Crippen molar-refractivity contribution in [2.45, 2.75) is 11.8 Å². The van der Waals surface area contributed by atoms with Crippen LogP contribution in [0.15, 0.2) is 0 Å². The Kier molecular flexibility index (Phi) is 2.68. The number of fused-ring (bicyclic) bond motifs is 1. The van der Waals surface area contributed by atoms with Gasteiger partial charge in [0.15, 0.2) is 0 Å². The molecular weight excluding hydrogens is 209 g/mol. The molecule has 2 aliphatic heterocycles. The topological polar surface area (TPSA) is 24.5 Å². The summed E-state index contributed by atoms with van der Waals surface area (Å²) in [4.78, 5) is 1.44. The zero-order chi connectivity index (χ0) is 11.1. The van der Waals surface area contributed by atoms with E-state index >= 15 is 0 Å². The minimum atomic E-state index is -4.11. The fourth-order valence-electron chi connectivity index (χ4n) is 2.64. The second-order valence-corrected chi connectivity index (χ2v) is 4.38. The second-order valence-electron chi connectivity index (χ2n) is 4.38. The molecule has 0 bridgehead atoms. The Morgan fingerprint density at radius 1 is 1.53 bits per heavy atom. The summed E-state index contributed by atoms with van der Waals surface area (Å²) in [5.74, 6) is 0.185. The third-order valence-corrected chi connectivity index (χ3v) is 3.34. The molecule has 0 aromatic carbocycles. The maximum Gasteiger partial charge on any atom is 0.401 e. The lowest BCUT2D eigenvalue weighted by atomic mass is 9.95. The van der Waals surface area contributed by atoms with Crippen LogP contribution in [-0.2, 0) is 4.74 Å². The average Bonchev–Trinajstić information content (AvgIpc) is 2.57. The van der Waals surface area contributed by atoms with E-state index in [0.29, 0.717) is 19.6 Å². The Balaban J connectivity index is 1.99. The van der Waals surface area contributed by atoms with Crippen molar-refractivity contribution >= 4 is 0 Å². The molecule has 0 aliphatic carbocycles. The number of ether oxygens (including phenoxy) is 1. The monoisotopic (exact) mass is 224 g/mol. The molecule has 0 saturated carbocycles. The minimum Gasteiger partial charge on any atom is -0.375 e. The number of rotatable bonds is 2. The smallest absolute Gasteiger partial charge is 0.375 e. The van der Waals surface area contributed by atoms with Gasteiger partial charge in [0, 0.05) is 39.2 Å². The lowest BCUT2D eigenvalue weighted by molar-refractivity contribution is -0.145. The van der Waals surface area contributed by atoms with Gasteiger partial charge in [0.05, 0.1) is 12.1 Å². The normalized spacial score (nSPS) is 37.2. The standard InChI is InChI=1S/C9H15F3N2O/c1-15-8-4-13-2-7(8)3-14(5-8)6-9(10,11)12/h7,13H,2-6H2,1H3. The SMILES string of the molecule is COC12CNCC1CN(CC(F)(F)F)C2. The first-order chi connectivity index (χ1) is 6.95. The molecular formula is C9H15F3N2O. The summed E-state index contributed by atoms with van der Waals surface area (Å²) in [6.45, 7) is 1.43. The van der Waals surface area contributed by atoms with Crippen LogP contribution in [0, 0.1) is 5.92 Å². The molecule has 0 amide bonds. The highest BCUT2D eigenvalue weighted by molar-refractivity contribution is 5.05. The van der Waals surface area contributed by atoms with Crippen LogP contribution in [0.3, 0.4) is 0 Å². The van der Waals surface area contributed by atoms with Crippen LogP contribution in [0.25, 0.3) is 0 Å². The quantitative estimate of drug-likeness (QED) is 0.738. The van der Waals surface area contributed by atoms with Gasteiger partial charge in [-0.05, 0) is 0 Å². The Morgan fingerprint density at radius 2 is 2.27 bits per heavy atom. The number of nitrogens with one attached hydrogen (secondary N) is 1. The first-order valence-electron chi connectivity index (χ1n) is 5.00. The summed E-state index contributed by atoms with van der Waals surface area (Å²) in [6, 6.07) is 0. The van der Waals surface area contributed by atoms with Gasteiger partial charge in [0.1, 0.15) is 0 Å². The molecule has 15 heavy (non-hydrogen) atoms. The summed E-state index contributed by atoms with van der Waals surface area (Å²) in [7, 11) is 1.58. The average molecular weight is 224 g/mol. The Labute approximate surface area is 86.6 Å². The van der Waals surface area contributed by atoms with Crippen molar-refractivity contribution in [3.63, 3.8) is 0 Å². The minimum absolute atomic E-state index is 0.185. The maximum atomic E-state index is 12.2. The summed E-state index contributed by atoms with van der Waals surface area (Å²) in [5.41, 5.74) is -0.398. The van der Waals surface area contributed by atoms with Gasteiger partial charge in [-0.3, -0.25) is 4.90 Å². The highest BCUT2D eigenvalue weighted by atomic mass is 19.4. The van der Waals surface area contributed by atoms with Gasteiger partial charge in [-0.15, -0.1) is 0 Å². The number of methoxy groups -OCH3 is 1. The van der Waals surface area contributed by atoms with Crippen LogP contribution >= 0.6 is 0 Å². The molecule has 3 nitrogen and oxygen atoms in total. The van der Waals surface area contributed by atoms with E-state index in [-0.39, 0.29) is 5.92 Å². The van der Waals surface area contributed by atoms with E-state index < -0.39 is 18.3 Å². The van der Waals surface area contributed by atoms with Crippen molar-refractivity contribution in [2.24, 2.45) is 5.92 Å². The lowest BCUT2D eigenvalue weighted by Gasteiger charge is -2.26. The van der Waals surface area contributed by atoms with Crippen molar-refractivity contribution in [3.8, 4) is 0 Å². The highest BCUT2D eigenvalue weighted by Crippen LogP contribution is 2.35. The zero-order valence-corrected chi connectivity index (χ0v) is 8.60. The van der Waals surface area contributed by atoms with E-state index in [1.54, 1.807) is 7.11 Å². The fourth-order valence-corrected chi connectivity index (χ4v) is 2.64. The molecule has 2 fully saturated rings. The van der Waals surface area contributed by atoms with Crippen molar-refractivity contribution in [3.05, 3.63) is 0 Å². The number of hydrogen-bond donors (Lipinski definition) is 1. The summed E-state index contributed by atoms with van der Waals surface area (Å²) in [5, 5.41) is 3.17. The molecule has 6 heteroatoms. The molecule has 1 N–H and O–H groups in total. The van der Waals surface area contributed by atoms with Crippen molar-refractivity contribution in [2.75, 3.05) is 39.8 Å². The van der Waals surface area contributed by atoms with Gasteiger partial charge < -0.3 is 10.1 Å². The molecule has 2 saturated heterocycles. The van der Waals surface area contributed by atoms with E-state index in [1.165, 1.54) is 4.90 Å². The first kappa shape index (κ1) is 11.2. The largest absolute Gasteiger partial charge is 0.401 e. The molecule has 2 atom stereocenters. The molecule has 0 radical (unpaired) electrons. The number of hydrogen-bond acceptors (Lipinski definition) is 3. The van der Waals surface area contributed by atoms with Crippen LogP contribution in [0.4, 0.5) is 13.2 Å². The molecule has 2 unspecified atom stereocenters. The van der Waals surface area contributed by atoms with Crippen LogP contribution in [0.1, 0.15) is 0 Å². The van der Waals surface area contributed by atoms with Crippen LogP contribution in [0.5, 0.6) is 0 Å². The second kappa shape index (κ2) is 3.61. The van der Waals surface area contributed by atoms with Gasteiger partial charge in [0.25, 0.3) is 0 Å². The Bertz CT molecular complexity index is 246. The summed E-state index contributed by atoms with van der Waals surface area (Å²) in [6.07, 6.45) is -4.11. The Hall–Kier alpha value is -0.330. The fraction of sp³-hybridized carbons (Fsp3) is 1.00. The van der Waals surface area contributed by atoms with E-state index in [1.807, 2.05) is 0 Å². The van der Waals surface area contributed by atoms with E-state index in [2.05, 4.69) is 5.32 Å². The maximum absolute atomic E-state index is 12.2. The van der Waals surface area contributed by atoms with Crippen molar-refractivity contribution in [1.29, 1.82) is 0 Å². The molecule has 0 aromatic rings. The van der Waals surface area contributed by atoms with E-state index in [4.69, 9.17) is 4.74 Å². The van der Waals surface area contributed by atoms with Crippen molar-refractivity contribution in [1.82, 2.24) is 10.2 Å². The van der Waals surface area contributed by atoms with Crippen LogP contribution < -0.4 is 5.32 Å². The van der Waals surface area contributed by atoms with Gasteiger partial charge in [-0.2, -0.15) is 13.2 Å². The number of halogens is 3. The highest BCUT2D eigenvalue weighted by Gasteiger charge is 2.51. The Morgan fingerprint density at radius 3 is 2.80 bits per heavy atom. The molecule has 2 heterocycles. The third-order valence-electron chi connectivity index (χ3n) is 3.34. The van der Waals surface area contributed by atoms with Gasteiger partial charge in [-0.25, -0.2) is 0 Å². The number of nitrogens with zero attached hydrogens (tertiary/aromatic N) is 1. The molecule has 0 spiro atoms. The summed E-state index contributed by atoms with van der Waals surface area (Å²) < 4.78 is 42.0. The first-order valence-corrected chi connectivity index (χ1v) is 5.00. The third kappa shape index (κ3) is 2.11. The predicted octanol–water partition coefficient (Wildman–Crippen LogP) is 0.469. The number of alkyl halides is 3. The van der Waals surface area contributed by atoms with Crippen LogP contribution in [-0.4, -0.2) is 56.5 Å².